The fourth-order valence-corrected chi connectivity index (χ4v) is 2.31. The van der Waals surface area contributed by atoms with E-state index < -0.39 is 0 Å². The van der Waals surface area contributed by atoms with Gasteiger partial charge in [-0.3, -0.25) is 20.4 Å². The molecule has 2 aromatic rings. The van der Waals surface area contributed by atoms with Gasteiger partial charge in [0.25, 0.3) is 5.91 Å². The summed E-state index contributed by atoms with van der Waals surface area (Å²) in [6.45, 7) is 5.01. The molecule has 27 heavy (non-hydrogen) atoms. The summed E-state index contributed by atoms with van der Waals surface area (Å²) < 4.78 is 10.8. The third kappa shape index (κ3) is 6.92. The van der Waals surface area contributed by atoms with Gasteiger partial charge in [0, 0.05) is 17.2 Å². The van der Waals surface area contributed by atoms with Crippen molar-refractivity contribution in [3.63, 3.8) is 0 Å². The van der Waals surface area contributed by atoms with Crippen LogP contribution in [0.1, 0.15) is 34.8 Å². The third-order valence-electron chi connectivity index (χ3n) is 3.74. The molecular weight excluding hydrogens is 368 g/mol. The second kappa shape index (κ2) is 10.5. The van der Waals surface area contributed by atoms with Crippen molar-refractivity contribution in [3.8, 4) is 5.75 Å². The second-order valence-corrected chi connectivity index (χ2v) is 6.25. The fraction of sp³-hybridized carbons (Fsp3) is 0.300. The smallest absolute Gasteiger partial charge is 0.269 e. The Hall–Kier alpha value is -2.57. The number of nitrogens with one attached hydrogen (secondary N) is 2. The summed E-state index contributed by atoms with van der Waals surface area (Å²) in [5.74, 6) is 0.0362. The monoisotopic (exact) mass is 390 g/mol. The van der Waals surface area contributed by atoms with E-state index in [1.807, 2.05) is 26.0 Å². The normalized spacial score (nSPS) is 10.3. The first-order valence-corrected chi connectivity index (χ1v) is 9.02. The molecule has 2 rings (SSSR count). The molecule has 2 aromatic carbocycles. The van der Waals surface area contributed by atoms with Crippen LogP contribution in [0.4, 0.5) is 0 Å². The fourth-order valence-electron chi connectivity index (χ4n) is 2.20. The summed E-state index contributed by atoms with van der Waals surface area (Å²) in [6, 6.07) is 12.4. The van der Waals surface area contributed by atoms with Gasteiger partial charge >= 0.3 is 0 Å². The lowest BCUT2D eigenvalue weighted by Gasteiger charge is -2.09. The van der Waals surface area contributed by atoms with Crippen molar-refractivity contribution < 1.29 is 19.1 Å². The number of benzene rings is 2. The van der Waals surface area contributed by atoms with Gasteiger partial charge in [-0.1, -0.05) is 23.7 Å². The number of rotatable bonds is 8. The van der Waals surface area contributed by atoms with Crippen LogP contribution in [-0.2, 0) is 16.1 Å². The number of carbonyl (C=O) groups excluding carboxylic acids is 2. The largest absolute Gasteiger partial charge is 0.489 e. The lowest BCUT2D eigenvalue weighted by Crippen LogP contribution is -2.41. The standard InChI is InChI=1S/C20H23ClN2O4/c1-3-26-11-10-19(24)22-23-20(25)16-6-4-15(5-7-16)13-27-17-8-9-18(21)14(2)12-17/h4-9,12H,3,10-11,13H2,1-2H3,(H,22,24)(H,23,25). The van der Waals surface area contributed by atoms with Crippen LogP contribution < -0.4 is 15.6 Å². The van der Waals surface area contributed by atoms with E-state index in [9.17, 15) is 9.59 Å². The Kier molecular flexibility index (Phi) is 8.10. The Balaban J connectivity index is 1.80. The highest BCUT2D eigenvalue weighted by Gasteiger charge is 2.08. The first-order valence-electron chi connectivity index (χ1n) is 8.64. The minimum atomic E-state index is -0.388. The van der Waals surface area contributed by atoms with Gasteiger partial charge in [0.05, 0.1) is 13.0 Å². The van der Waals surface area contributed by atoms with Crippen LogP contribution in [0.5, 0.6) is 5.75 Å². The van der Waals surface area contributed by atoms with E-state index in [1.165, 1.54) is 0 Å². The highest BCUT2D eigenvalue weighted by atomic mass is 35.5. The lowest BCUT2D eigenvalue weighted by molar-refractivity contribution is -0.122. The molecule has 0 spiro atoms. The van der Waals surface area contributed by atoms with Crippen LogP contribution >= 0.6 is 11.6 Å². The van der Waals surface area contributed by atoms with Crippen LogP contribution in [0.2, 0.25) is 5.02 Å². The van der Waals surface area contributed by atoms with Gasteiger partial charge in [0.2, 0.25) is 5.91 Å². The molecule has 7 heteroatoms. The predicted molar refractivity (Wildman–Crippen MR) is 104 cm³/mol. The summed E-state index contributed by atoms with van der Waals surface area (Å²) in [6.07, 6.45) is 0.189. The molecule has 0 aliphatic rings. The van der Waals surface area contributed by atoms with Crippen molar-refractivity contribution >= 4 is 23.4 Å². The van der Waals surface area contributed by atoms with Crippen molar-refractivity contribution in [3.05, 3.63) is 64.2 Å². The SMILES string of the molecule is CCOCCC(=O)NNC(=O)c1ccc(COc2ccc(Cl)c(C)c2)cc1. The topological polar surface area (TPSA) is 76.7 Å². The molecule has 0 saturated heterocycles. The minimum absolute atomic E-state index is 0.189. The zero-order valence-corrected chi connectivity index (χ0v) is 16.1. The Morgan fingerprint density at radius 3 is 2.48 bits per heavy atom. The summed E-state index contributed by atoms with van der Waals surface area (Å²) >= 11 is 6.00. The molecule has 0 atom stereocenters. The summed E-state index contributed by atoms with van der Waals surface area (Å²) in [5.41, 5.74) is 7.04. The number of hydrogen-bond acceptors (Lipinski definition) is 4. The first-order chi connectivity index (χ1) is 13.0. The molecule has 0 saturated carbocycles. The van der Waals surface area contributed by atoms with Crippen LogP contribution in [0.3, 0.4) is 0 Å². The van der Waals surface area contributed by atoms with Crippen LogP contribution in [0, 0.1) is 6.92 Å². The molecule has 0 fully saturated rings. The highest BCUT2D eigenvalue weighted by molar-refractivity contribution is 6.31. The minimum Gasteiger partial charge on any atom is -0.489 e. The van der Waals surface area contributed by atoms with E-state index in [0.717, 1.165) is 16.9 Å². The summed E-state index contributed by atoms with van der Waals surface area (Å²) in [7, 11) is 0. The van der Waals surface area contributed by atoms with Gasteiger partial charge in [-0.15, -0.1) is 0 Å². The van der Waals surface area contributed by atoms with Crippen molar-refractivity contribution in [2.75, 3.05) is 13.2 Å². The second-order valence-electron chi connectivity index (χ2n) is 5.85. The van der Waals surface area contributed by atoms with E-state index in [0.29, 0.717) is 30.4 Å². The van der Waals surface area contributed by atoms with Crippen LogP contribution in [0.15, 0.2) is 42.5 Å². The lowest BCUT2D eigenvalue weighted by atomic mass is 10.1. The van der Waals surface area contributed by atoms with E-state index >= 15 is 0 Å². The highest BCUT2D eigenvalue weighted by Crippen LogP contribution is 2.21. The van der Waals surface area contributed by atoms with Gasteiger partial charge in [0.15, 0.2) is 0 Å². The van der Waals surface area contributed by atoms with Gasteiger partial charge < -0.3 is 9.47 Å². The van der Waals surface area contributed by atoms with Gasteiger partial charge in [-0.25, -0.2) is 0 Å². The molecule has 6 nitrogen and oxygen atoms in total. The van der Waals surface area contributed by atoms with E-state index in [4.69, 9.17) is 21.1 Å². The Labute approximate surface area is 163 Å². The average Bonchev–Trinajstić information content (AvgIpc) is 2.67. The number of hydrazine groups is 1. The van der Waals surface area contributed by atoms with Crippen LogP contribution in [0.25, 0.3) is 0 Å². The molecule has 0 unspecified atom stereocenters. The maximum Gasteiger partial charge on any atom is 0.269 e. The number of aryl methyl sites for hydroxylation is 1. The number of hydrogen-bond donors (Lipinski definition) is 2. The molecule has 0 aromatic heterocycles. The summed E-state index contributed by atoms with van der Waals surface area (Å²) in [4.78, 5) is 23.6. The first kappa shape index (κ1) is 20.7. The number of carbonyl (C=O) groups is 2. The Morgan fingerprint density at radius 1 is 1.07 bits per heavy atom. The summed E-state index contributed by atoms with van der Waals surface area (Å²) in [5, 5.41) is 0.697. The van der Waals surface area contributed by atoms with Crippen molar-refractivity contribution in [1.82, 2.24) is 10.9 Å². The van der Waals surface area contributed by atoms with Crippen molar-refractivity contribution in [1.29, 1.82) is 0 Å². The molecular formula is C20H23ClN2O4. The van der Waals surface area contributed by atoms with Crippen molar-refractivity contribution in [2.45, 2.75) is 26.9 Å². The quantitative estimate of drug-likeness (QED) is 0.535. The van der Waals surface area contributed by atoms with Gasteiger partial charge in [0.1, 0.15) is 12.4 Å². The molecule has 0 aliphatic carbocycles. The Morgan fingerprint density at radius 2 is 1.81 bits per heavy atom. The third-order valence-corrected chi connectivity index (χ3v) is 4.17. The molecule has 0 aliphatic heterocycles. The average molecular weight is 391 g/mol. The molecule has 0 radical (unpaired) electrons. The maximum absolute atomic E-state index is 12.0. The zero-order chi connectivity index (χ0) is 19.6. The predicted octanol–water partition coefficient (Wildman–Crippen LogP) is 3.42. The number of halogens is 1. The van der Waals surface area contributed by atoms with E-state index in [1.54, 1.807) is 30.3 Å². The number of amides is 2. The molecule has 2 N–H and O–H groups in total. The van der Waals surface area contributed by atoms with Crippen molar-refractivity contribution in [2.24, 2.45) is 0 Å². The zero-order valence-electron chi connectivity index (χ0n) is 15.4. The van der Waals surface area contributed by atoms with E-state index in [-0.39, 0.29) is 18.2 Å². The molecule has 0 heterocycles. The molecule has 2 amide bonds. The number of ether oxygens (including phenoxy) is 2. The Bertz CT molecular complexity index is 778. The van der Waals surface area contributed by atoms with Crippen LogP contribution in [-0.4, -0.2) is 25.0 Å². The van der Waals surface area contributed by atoms with Gasteiger partial charge in [-0.2, -0.15) is 0 Å². The molecule has 144 valence electrons. The molecule has 0 bridgehead atoms. The van der Waals surface area contributed by atoms with E-state index in [2.05, 4.69) is 10.9 Å². The van der Waals surface area contributed by atoms with Gasteiger partial charge in [-0.05, 0) is 55.3 Å². The maximum atomic E-state index is 12.0.